The second kappa shape index (κ2) is 9.33. The van der Waals surface area contributed by atoms with E-state index >= 15 is 0 Å². The molecular formula is C17H16BrClF3N3O3S. The Morgan fingerprint density at radius 1 is 1.24 bits per heavy atom. The molecule has 0 atom stereocenters. The predicted octanol–water partition coefficient (Wildman–Crippen LogP) is 5.18. The number of nitrogens with zero attached hydrogens (tertiary/aromatic N) is 3. The molecular weight excluding hydrogens is 499 g/mol. The van der Waals surface area contributed by atoms with Crippen LogP contribution in [-0.2, 0) is 0 Å². The number of amides is 1. The summed E-state index contributed by atoms with van der Waals surface area (Å²) in [7, 11) is 3.73. The molecule has 29 heavy (non-hydrogen) atoms. The van der Waals surface area contributed by atoms with Crippen molar-refractivity contribution in [2.45, 2.75) is 6.36 Å². The molecule has 3 aromatic rings. The summed E-state index contributed by atoms with van der Waals surface area (Å²) in [5.74, 6) is -0.597. The van der Waals surface area contributed by atoms with E-state index in [2.05, 4.69) is 25.7 Å². The Morgan fingerprint density at radius 2 is 1.97 bits per heavy atom. The molecule has 0 saturated carbocycles. The molecule has 0 saturated heterocycles. The zero-order valence-corrected chi connectivity index (χ0v) is 18.4. The summed E-state index contributed by atoms with van der Waals surface area (Å²) in [6.45, 7) is 0.891. The largest absolute Gasteiger partial charge is 0.573 e. The molecule has 0 spiro atoms. The number of aromatic nitrogens is 1. The van der Waals surface area contributed by atoms with E-state index < -0.39 is 12.3 Å². The second-order valence-electron chi connectivity index (χ2n) is 6.04. The summed E-state index contributed by atoms with van der Waals surface area (Å²) in [5.41, 5.74) is 0.470. The Labute approximate surface area is 182 Å². The monoisotopic (exact) mass is 513 g/mol. The van der Waals surface area contributed by atoms with Gasteiger partial charge in [0.05, 0.1) is 10.2 Å². The molecule has 0 aliphatic heterocycles. The molecule has 0 aliphatic carbocycles. The Morgan fingerprint density at radius 3 is 2.55 bits per heavy atom. The summed E-state index contributed by atoms with van der Waals surface area (Å²) in [6.07, 6.45) is -4.78. The molecule has 0 N–H and O–H groups in total. The molecule has 2 aromatic heterocycles. The highest BCUT2D eigenvalue weighted by Crippen LogP contribution is 2.34. The van der Waals surface area contributed by atoms with Crippen molar-refractivity contribution in [2.24, 2.45) is 0 Å². The number of ether oxygens (including phenoxy) is 1. The molecule has 0 bridgehead atoms. The molecule has 0 unspecified atom stereocenters. The van der Waals surface area contributed by atoms with Gasteiger partial charge in [-0.2, -0.15) is 0 Å². The predicted molar refractivity (Wildman–Crippen MR) is 110 cm³/mol. The summed E-state index contributed by atoms with van der Waals surface area (Å²) in [4.78, 5) is 20.6. The van der Waals surface area contributed by atoms with Crippen molar-refractivity contribution >= 4 is 60.9 Å². The first-order chi connectivity index (χ1) is 13.1. The summed E-state index contributed by atoms with van der Waals surface area (Å²) in [5, 5.41) is 0.360. The van der Waals surface area contributed by atoms with Crippen LogP contribution < -0.4 is 9.64 Å². The number of carbonyl (C=O) groups is 1. The van der Waals surface area contributed by atoms with E-state index in [1.54, 1.807) is 6.07 Å². The first kappa shape index (κ1) is 23.5. The van der Waals surface area contributed by atoms with Gasteiger partial charge >= 0.3 is 6.36 Å². The maximum Gasteiger partial charge on any atom is 0.573 e. The first-order valence-electron chi connectivity index (χ1n) is 8.00. The highest BCUT2D eigenvalue weighted by Gasteiger charge is 2.31. The van der Waals surface area contributed by atoms with Crippen LogP contribution in [0.2, 0.25) is 0 Å². The summed E-state index contributed by atoms with van der Waals surface area (Å²) < 4.78 is 47.5. The molecule has 12 heteroatoms. The number of benzene rings is 1. The van der Waals surface area contributed by atoms with Gasteiger partial charge in [-0.1, -0.05) is 11.3 Å². The van der Waals surface area contributed by atoms with Crippen molar-refractivity contribution in [1.29, 1.82) is 0 Å². The molecule has 1 amide bonds. The van der Waals surface area contributed by atoms with Crippen LogP contribution in [0.15, 0.2) is 39.4 Å². The zero-order chi connectivity index (χ0) is 20.5. The minimum Gasteiger partial charge on any atom is -0.444 e. The lowest BCUT2D eigenvalue weighted by atomic mass is 10.3. The quantitative estimate of drug-likeness (QED) is 0.454. The number of alkyl halides is 3. The number of carbonyl (C=O) groups excluding carboxylic acids is 1. The lowest BCUT2D eigenvalue weighted by Gasteiger charge is -2.20. The second-order valence-corrected chi connectivity index (χ2v) is 7.83. The first-order valence-corrected chi connectivity index (χ1v) is 9.61. The number of halogens is 5. The zero-order valence-electron chi connectivity index (χ0n) is 15.2. The minimum atomic E-state index is -4.78. The van der Waals surface area contributed by atoms with E-state index in [1.807, 2.05) is 19.0 Å². The molecule has 158 valence electrons. The fraction of sp³-hybridized carbons (Fsp3) is 0.294. The van der Waals surface area contributed by atoms with Gasteiger partial charge in [0.25, 0.3) is 5.91 Å². The average Bonchev–Trinajstić information content (AvgIpc) is 3.18. The lowest BCUT2D eigenvalue weighted by Crippen LogP contribution is -2.36. The maximum absolute atomic E-state index is 12.9. The van der Waals surface area contributed by atoms with Crippen LogP contribution in [0.1, 0.15) is 10.6 Å². The summed E-state index contributed by atoms with van der Waals surface area (Å²) >= 11 is 4.27. The molecule has 1 aromatic carbocycles. The number of thiazole rings is 1. The number of hydrogen-bond donors (Lipinski definition) is 0. The smallest absolute Gasteiger partial charge is 0.444 e. The molecule has 0 aliphatic rings. The fourth-order valence-corrected chi connectivity index (χ4v) is 3.68. The third-order valence-electron chi connectivity index (χ3n) is 3.61. The van der Waals surface area contributed by atoms with Gasteiger partial charge < -0.3 is 14.1 Å². The Hall–Kier alpha value is -1.82. The van der Waals surface area contributed by atoms with Gasteiger partial charge in [0, 0.05) is 19.2 Å². The van der Waals surface area contributed by atoms with E-state index in [0.29, 0.717) is 33.1 Å². The standard InChI is InChI=1S/C17H15BrF3N3O3S.ClH/c1-23(2)7-8-24(15(25)12-5-6-14(18)26-12)16-22-11-4-3-10(9-13(11)28-16)27-17(19,20)21;/h3-6,9H,7-8H2,1-2H3;1H. The van der Waals surface area contributed by atoms with Crippen LogP contribution in [0.5, 0.6) is 5.75 Å². The molecule has 3 rings (SSSR count). The number of likely N-dealkylation sites (N-methyl/N-ethyl adjacent to an activating group) is 1. The van der Waals surface area contributed by atoms with Crippen LogP contribution in [0, 0.1) is 0 Å². The lowest BCUT2D eigenvalue weighted by molar-refractivity contribution is -0.274. The topological polar surface area (TPSA) is 58.8 Å². The van der Waals surface area contributed by atoms with Crippen LogP contribution in [-0.4, -0.2) is 49.3 Å². The van der Waals surface area contributed by atoms with E-state index in [4.69, 9.17) is 4.42 Å². The van der Waals surface area contributed by atoms with Gasteiger partial charge in [0.2, 0.25) is 0 Å². The maximum atomic E-state index is 12.9. The molecule has 0 fully saturated rings. The Kier molecular flexibility index (Phi) is 7.55. The fourth-order valence-electron chi connectivity index (χ4n) is 2.35. The molecule has 0 radical (unpaired) electrons. The van der Waals surface area contributed by atoms with E-state index in [-0.39, 0.29) is 23.9 Å². The van der Waals surface area contributed by atoms with E-state index in [0.717, 1.165) is 11.3 Å². The highest BCUT2D eigenvalue weighted by molar-refractivity contribution is 9.10. The van der Waals surface area contributed by atoms with Crippen LogP contribution >= 0.6 is 39.7 Å². The number of furan rings is 1. The average molecular weight is 515 g/mol. The Balaban J connectivity index is 0.00000300. The van der Waals surface area contributed by atoms with Gasteiger partial charge in [-0.3, -0.25) is 9.69 Å². The minimum absolute atomic E-state index is 0. The number of rotatable bonds is 6. The number of anilines is 1. The van der Waals surface area contributed by atoms with Gasteiger partial charge in [0.1, 0.15) is 5.75 Å². The SMILES string of the molecule is CN(C)CCN(C(=O)c1ccc(Br)o1)c1nc2ccc(OC(F)(F)F)cc2s1.Cl. The van der Waals surface area contributed by atoms with Gasteiger partial charge in [-0.25, -0.2) is 4.98 Å². The molecule has 2 heterocycles. The van der Waals surface area contributed by atoms with Gasteiger partial charge in [0.15, 0.2) is 15.6 Å². The highest BCUT2D eigenvalue weighted by atomic mass is 79.9. The van der Waals surface area contributed by atoms with Crippen LogP contribution in [0.25, 0.3) is 10.2 Å². The third-order valence-corrected chi connectivity index (χ3v) is 5.08. The molecule has 6 nitrogen and oxygen atoms in total. The van der Waals surface area contributed by atoms with Gasteiger partial charge in [-0.15, -0.1) is 25.6 Å². The third kappa shape index (κ3) is 6.08. The van der Waals surface area contributed by atoms with E-state index in [9.17, 15) is 18.0 Å². The number of hydrogen-bond acceptors (Lipinski definition) is 6. The van der Waals surface area contributed by atoms with Gasteiger partial charge in [-0.05, 0) is 54.3 Å². The van der Waals surface area contributed by atoms with Crippen molar-refractivity contribution in [1.82, 2.24) is 9.88 Å². The number of fused-ring (bicyclic) bond motifs is 1. The van der Waals surface area contributed by atoms with Crippen molar-refractivity contribution in [2.75, 3.05) is 32.1 Å². The van der Waals surface area contributed by atoms with Crippen molar-refractivity contribution in [3.8, 4) is 5.75 Å². The van der Waals surface area contributed by atoms with Crippen molar-refractivity contribution in [3.05, 3.63) is 40.8 Å². The normalized spacial score (nSPS) is 11.6. The van der Waals surface area contributed by atoms with Crippen molar-refractivity contribution < 1.29 is 27.1 Å². The summed E-state index contributed by atoms with van der Waals surface area (Å²) in [6, 6.07) is 7.01. The van der Waals surface area contributed by atoms with E-state index in [1.165, 1.54) is 29.2 Å². The van der Waals surface area contributed by atoms with Crippen LogP contribution in [0.4, 0.5) is 18.3 Å². The van der Waals surface area contributed by atoms with Crippen molar-refractivity contribution in [3.63, 3.8) is 0 Å². The van der Waals surface area contributed by atoms with Crippen LogP contribution in [0.3, 0.4) is 0 Å². The Bertz CT molecular complexity index is 993.